The lowest BCUT2D eigenvalue weighted by atomic mass is 10.3. The fraction of sp³-hybridized carbons (Fsp3) is 0.538. The molecule has 1 amide bonds. The molecule has 1 heterocycles. The summed E-state index contributed by atoms with van der Waals surface area (Å²) in [7, 11) is 1.99. The van der Waals surface area contributed by atoms with E-state index in [-0.39, 0.29) is 18.1 Å². The number of aromatic nitrogens is 1. The van der Waals surface area contributed by atoms with Gasteiger partial charge in [-0.05, 0) is 33.0 Å². The molecule has 0 saturated carbocycles. The zero-order valence-electron chi connectivity index (χ0n) is 11.6. The van der Waals surface area contributed by atoms with Crippen molar-refractivity contribution in [2.45, 2.75) is 26.4 Å². The molecule has 0 aliphatic rings. The van der Waals surface area contributed by atoms with E-state index >= 15 is 0 Å². The van der Waals surface area contributed by atoms with Crippen molar-refractivity contribution in [1.82, 2.24) is 14.8 Å². The maximum Gasteiger partial charge on any atom is 0.352 e. The summed E-state index contributed by atoms with van der Waals surface area (Å²) in [5, 5.41) is 11.7. The summed E-state index contributed by atoms with van der Waals surface area (Å²) in [6.45, 7) is 5.51. The van der Waals surface area contributed by atoms with Gasteiger partial charge in [-0.25, -0.2) is 4.79 Å². The summed E-state index contributed by atoms with van der Waals surface area (Å²) < 4.78 is 1.42. The van der Waals surface area contributed by atoms with E-state index in [1.54, 1.807) is 12.3 Å². The quantitative estimate of drug-likeness (QED) is 0.760. The van der Waals surface area contributed by atoms with E-state index in [9.17, 15) is 9.59 Å². The number of likely N-dealkylation sites (N-methyl/N-ethyl adjacent to an activating group) is 1. The van der Waals surface area contributed by atoms with Crippen LogP contribution in [0.25, 0.3) is 0 Å². The van der Waals surface area contributed by atoms with Crippen LogP contribution in [-0.2, 0) is 11.3 Å². The molecular formula is C13H21N3O3. The Labute approximate surface area is 113 Å². The second kappa shape index (κ2) is 6.94. The first-order chi connectivity index (χ1) is 8.91. The van der Waals surface area contributed by atoms with Gasteiger partial charge in [0.1, 0.15) is 12.2 Å². The van der Waals surface area contributed by atoms with Crippen LogP contribution in [0.3, 0.4) is 0 Å². The van der Waals surface area contributed by atoms with Crippen molar-refractivity contribution in [3.8, 4) is 0 Å². The number of carboxylic acid groups (broad SMARTS) is 1. The van der Waals surface area contributed by atoms with E-state index in [4.69, 9.17) is 5.11 Å². The number of hydrogen-bond donors (Lipinski definition) is 2. The molecule has 1 aromatic rings. The lowest BCUT2D eigenvalue weighted by Gasteiger charge is -2.20. The first kappa shape index (κ1) is 15.2. The van der Waals surface area contributed by atoms with Crippen LogP contribution in [0.4, 0.5) is 0 Å². The van der Waals surface area contributed by atoms with Crippen molar-refractivity contribution in [2.24, 2.45) is 0 Å². The smallest absolute Gasteiger partial charge is 0.352 e. The van der Waals surface area contributed by atoms with Crippen LogP contribution in [-0.4, -0.2) is 52.6 Å². The molecule has 19 heavy (non-hydrogen) atoms. The molecule has 0 radical (unpaired) electrons. The molecule has 0 bridgehead atoms. The fourth-order valence-corrected chi connectivity index (χ4v) is 1.59. The largest absolute Gasteiger partial charge is 0.477 e. The third kappa shape index (κ3) is 4.75. The Morgan fingerprint density at radius 1 is 1.47 bits per heavy atom. The molecule has 0 unspecified atom stereocenters. The maximum absolute atomic E-state index is 11.7. The zero-order chi connectivity index (χ0) is 14.4. The number of carboxylic acids is 1. The summed E-state index contributed by atoms with van der Waals surface area (Å²) >= 11 is 0. The molecule has 0 saturated heterocycles. The highest BCUT2D eigenvalue weighted by atomic mass is 16.4. The van der Waals surface area contributed by atoms with Crippen LogP contribution in [0, 0.1) is 0 Å². The second-order valence-corrected chi connectivity index (χ2v) is 4.75. The molecular weight excluding hydrogens is 246 g/mol. The number of nitrogens with zero attached hydrogens (tertiary/aromatic N) is 2. The monoisotopic (exact) mass is 267 g/mol. The molecule has 0 aliphatic heterocycles. The van der Waals surface area contributed by atoms with Crippen LogP contribution in [0.5, 0.6) is 0 Å². The van der Waals surface area contributed by atoms with Crippen molar-refractivity contribution in [1.29, 1.82) is 0 Å². The Hall–Kier alpha value is -1.82. The topological polar surface area (TPSA) is 74.6 Å². The van der Waals surface area contributed by atoms with Crippen LogP contribution < -0.4 is 5.32 Å². The predicted molar refractivity (Wildman–Crippen MR) is 72.2 cm³/mol. The van der Waals surface area contributed by atoms with Gasteiger partial charge in [0, 0.05) is 25.3 Å². The van der Waals surface area contributed by atoms with Crippen molar-refractivity contribution in [2.75, 3.05) is 20.1 Å². The van der Waals surface area contributed by atoms with Gasteiger partial charge in [0.15, 0.2) is 0 Å². The standard InChI is InChI=1S/C13H21N3O3/c1-10(2)15(3)8-6-14-12(17)9-16-7-4-5-11(16)13(18)19/h4-5,7,10H,6,8-9H2,1-3H3,(H,14,17)(H,18,19). The summed E-state index contributed by atoms with van der Waals surface area (Å²) in [6, 6.07) is 3.52. The molecule has 6 nitrogen and oxygen atoms in total. The van der Waals surface area contributed by atoms with Gasteiger partial charge in [-0.1, -0.05) is 0 Å². The Morgan fingerprint density at radius 2 is 2.16 bits per heavy atom. The van der Waals surface area contributed by atoms with Gasteiger partial charge in [0.05, 0.1) is 0 Å². The first-order valence-corrected chi connectivity index (χ1v) is 6.27. The van der Waals surface area contributed by atoms with Crippen molar-refractivity contribution in [3.63, 3.8) is 0 Å². The third-order valence-corrected chi connectivity index (χ3v) is 3.03. The number of aromatic carboxylic acids is 1. The van der Waals surface area contributed by atoms with Crippen LogP contribution in [0.1, 0.15) is 24.3 Å². The van der Waals surface area contributed by atoms with E-state index in [1.165, 1.54) is 10.6 Å². The van der Waals surface area contributed by atoms with Gasteiger partial charge in [0.25, 0.3) is 0 Å². The Kier molecular flexibility index (Phi) is 5.57. The summed E-state index contributed by atoms with van der Waals surface area (Å²) in [6.07, 6.45) is 1.59. The van der Waals surface area contributed by atoms with Crippen molar-refractivity contribution >= 4 is 11.9 Å². The molecule has 0 spiro atoms. The Morgan fingerprint density at radius 3 is 2.74 bits per heavy atom. The summed E-state index contributed by atoms with van der Waals surface area (Å²) in [4.78, 5) is 24.7. The maximum atomic E-state index is 11.7. The molecule has 2 N–H and O–H groups in total. The zero-order valence-corrected chi connectivity index (χ0v) is 11.6. The molecule has 1 aromatic heterocycles. The number of rotatable bonds is 7. The molecule has 106 valence electrons. The van der Waals surface area contributed by atoms with Gasteiger partial charge in [0.2, 0.25) is 5.91 Å². The highest BCUT2D eigenvalue weighted by molar-refractivity contribution is 5.86. The third-order valence-electron chi connectivity index (χ3n) is 3.03. The minimum absolute atomic E-state index is 0.0278. The minimum atomic E-state index is -1.03. The second-order valence-electron chi connectivity index (χ2n) is 4.75. The highest BCUT2D eigenvalue weighted by Gasteiger charge is 2.11. The molecule has 0 aromatic carbocycles. The van der Waals surface area contributed by atoms with E-state index in [2.05, 4.69) is 24.1 Å². The molecule has 6 heteroatoms. The number of hydrogen-bond acceptors (Lipinski definition) is 3. The van der Waals surface area contributed by atoms with Crippen molar-refractivity contribution < 1.29 is 14.7 Å². The number of carbonyl (C=O) groups is 2. The number of carbonyl (C=O) groups excluding carboxylic acids is 1. The van der Waals surface area contributed by atoms with Crippen LogP contribution in [0.2, 0.25) is 0 Å². The fourth-order valence-electron chi connectivity index (χ4n) is 1.59. The van der Waals surface area contributed by atoms with E-state index in [0.717, 1.165) is 6.54 Å². The average Bonchev–Trinajstić information content (AvgIpc) is 2.76. The molecule has 0 atom stereocenters. The molecule has 1 rings (SSSR count). The van der Waals surface area contributed by atoms with Crippen LogP contribution >= 0.6 is 0 Å². The minimum Gasteiger partial charge on any atom is -0.477 e. The van der Waals surface area contributed by atoms with Crippen LogP contribution in [0.15, 0.2) is 18.3 Å². The molecule has 0 aliphatic carbocycles. The van der Waals surface area contributed by atoms with E-state index in [1.807, 2.05) is 7.05 Å². The normalized spacial score (nSPS) is 11.0. The SMILES string of the molecule is CC(C)N(C)CCNC(=O)Cn1cccc1C(=O)O. The van der Waals surface area contributed by atoms with E-state index in [0.29, 0.717) is 12.6 Å². The summed E-state index contributed by atoms with van der Waals surface area (Å²) in [5.41, 5.74) is 0.120. The van der Waals surface area contributed by atoms with Gasteiger partial charge in [-0.2, -0.15) is 0 Å². The van der Waals surface area contributed by atoms with Crippen molar-refractivity contribution in [3.05, 3.63) is 24.0 Å². The summed E-state index contributed by atoms with van der Waals surface area (Å²) in [5.74, 6) is -1.21. The predicted octanol–water partition coefficient (Wildman–Crippen LogP) is 0.643. The Bertz CT molecular complexity index is 440. The van der Waals surface area contributed by atoms with Gasteiger partial charge < -0.3 is 19.9 Å². The van der Waals surface area contributed by atoms with Gasteiger partial charge >= 0.3 is 5.97 Å². The van der Waals surface area contributed by atoms with E-state index < -0.39 is 5.97 Å². The van der Waals surface area contributed by atoms with Gasteiger partial charge in [-0.3, -0.25) is 4.79 Å². The van der Waals surface area contributed by atoms with Gasteiger partial charge in [-0.15, -0.1) is 0 Å². The lowest BCUT2D eigenvalue weighted by molar-refractivity contribution is -0.121. The Balaban J connectivity index is 2.39. The number of nitrogens with one attached hydrogen (secondary N) is 1. The molecule has 0 fully saturated rings. The highest BCUT2D eigenvalue weighted by Crippen LogP contribution is 2.01. The average molecular weight is 267 g/mol. The first-order valence-electron chi connectivity index (χ1n) is 6.27. The lowest BCUT2D eigenvalue weighted by Crippen LogP contribution is -2.37. The number of amides is 1.